The lowest BCUT2D eigenvalue weighted by molar-refractivity contribution is 0.0519. The van der Waals surface area contributed by atoms with Crippen LogP contribution in [0.4, 0.5) is 10.2 Å². The number of aromatic amines is 1. The normalized spacial score (nSPS) is 10.9. The number of hydrogen-bond acceptors (Lipinski definition) is 5. The molecule has 2 heterocycles. The van der Waals surface area contributed by atoms with Crippen molar-refractivity contribution in [2.24, 2.45) is 0 Å². The molecule has 0 amide bonds. The van der Waals surface area contributed by atoms with E-state index in [-0.39, 0.29) is 30.5 Å². The number of nitrogens with zero attached hydrogens (tertiary/aromatic N) is 1. The number of aromatic nitrogens is 2. The molecule has 0 spiro atoms. The van der Waals surface area contributed by atoms with Crippen molar-refractivity contribution in [1.29, 1.82) is 0 Å². The van der Waals surface area contributed by atoms with Gasteiger partial charge in [-0.15, -0.1) is 0 Å². The van der Waals surface area contributed by atoms with E-state index in [2.05, 4.69) is 9.97 Å². The Morgan fingerprint density at radius 2 is 2.03 bits per heavy atom. The number of nitrogen functional groups attached to an aromatic ring is 1. The van der Waals surface area contributed by atoms with Gasteiger partial charge in [-0.1, -0.05) is 23.2 Å². The molecule has 3 rings (SSSR count). The van der Waals surface area contributed by atoms with Gasteiger partial charge in [-0.2, -0.15) is 0 Å². The molecule has 9 heteroatoms. The van der Waals surface area contributed by atoms with Crippen molar-refractivity contribution in [2.45, 2.75) is 27.2 Å². The summed E-state index contributed by atoms with van der Waals surface area (Å²) in [5.41, 5.74) is 9.90. The van der Waals surface area contributed by atoms with Gasteiger partial charge in [0.25, 0.3) is 0 Å². The molecule has 0 radical (unpaired) electrons. The molecule has 31 heavy (non-hydrogen) atoms. The van der Waals surface area contributed by atoms with Gasteiger partial charge in [0.05, 0.1) is 18.2 Å². The first-order valence-corrected chi connectivity index (χ1v) is 10.4. The van der Waals surface area contributed by atoms with Crippen LogP contribution in [0.5, 0.6) is 5.75 Å². The third kappa shape index (κ3) is 4.78. The summed E-state index contributed by atoms with van der Waals surface area (Å²) in [5.74, 6) is -0.395. The molecule has 3 aromatic rings. The van der Waals surface area contributed by atoms with E-state index >= 15 is 0 Å². The van der Waals surface area contributed by atoms with E-state index < -0.39 is 11.8 Å². The summed E-state index contributed by atoms with van der Waals surface area (Å²) in [6.07, 6.45) is 1.90. The summed E-state index contributed by atoms with van der Waals surface area (Å²) in [6.45, 7) is 5.89. The number of esters is 1. The molecule has 0 aliphatic heterocycles. The molecule has 0 saturated heterocycles. The van der Waals surface area contributed by atoms with Crippen LogP contribution in [0.25, 0.3) is 11.1 Å². The van der Waals surface area contributed by atoms with Gasteiger partial charge in [-0.25, -0.2) is 14.2 Å². The Morgan fingerprint density at radius 1 is 1.29 bits per heavy atom. The fourth-order valence-corrected chi connectivity index (χ4v) is 3.92. The molecule has 164 valence electrons. The fraction of sp³-hybridized carbons (Fsp3) is 0.273. The van der Waals surface area contributed by atoms with E-state index in [1.54, 1.807) is 19.2 Å². The number of pyridine rings is 1. The molecule has 2 aromatic heterocycles. The maximum atomic E-state index is 13.7. The van der Waals surface area contributed by atoms with E-state index in [0.717, 1.165) is 22.4 Å². The van der Waals surface area contributed by atoms with Crippen molar-refractivity contribution in [3.8, 4) is 16.9 Å². The zero-order valence-electron chi connectivity index (χ0n) is 17.3. The number of ether oxygens (including phenoxy) is 2. The van der Waals surface area contributed by atoms with E-state index in [1.807, 2.05) is 13.8 Å². The van der Waals surface area contributed by atoms with Crippen LogP contribution in [-0.4, -0.2) is 29.2 Å². The smallest absolute Gasteiger partial charge is 0.355 e. The first kappa shape index (κ1) is 22.9. The van der Waals surface area contributed by atoms with Gasteiger partial charge < -0.3 is 20.2 Å². The molecule has 1 aromatic carbocycles. The van der Waals surface area contributed by atoms with Crippen molar-refractivity contribution >= 4 is 35.0 Å². The maximum Gasteiger partial charge on any atom is 0.355 e. The molecule has 0 bridgehead atoms. The molecule has 0 saturated carbocycles. The predicted octanol–water partition coefficient (Wildman–Crippen LogP) is 5.52. The van der Waals surface area contributed by atoms with Crippen LogP contribution in [-0.2, 0) is 11.2 Å². The number of rotatable bonds is 7. The molecule has 3 N–H and O–H groups in total. The number of carbonyl (C=O) groups is 1. The van der Waals surface area contributed by atoms with Crippen LogP contribution in [0.3, 0.4) is 0 Å². The molecule has 0 fully saturated rings. The molecule has 0 unspecified atom stereocenters. The van der Waals surface area contributed by atoms with Gasteiger partial charge in [0.2, 0.25) is 0 Å². The topological polar surface area (TPSA) is 90.2 Å². The third-order valence-corrected chi connectivity index (χ3v) is 5.60. The molecule has 0 aliphatic rings. The van der Waals surface area contributed by atoms with Crippen LogP contribution >= 0.6 is 23.2 Å². The highest BCUT2D eigenvalue weighted by Crippen LogP contribution is 2.34. The number of nitrogens with two attached hydrogens (primary N) is 1. The quantitative estimate of drug-likeness (QED) is 0.354. The van der Waals surface area contributed by atoms with E-state index in [1.165, 1.54) is 12.1 Å². The zero-order valence-corrected chi connectivity index (χ0v) is 18.8. The van der Waals surface area contributed by atoms with Crippen molar-refractivity contribution in [2.75, 3.05) is 18.9 Å². The second kappa shape index (κ2) is 9.58. The summed E-state index contributed by atoms with van der Waals surface area (Å²) < 4.78 is 24.6. The first-order valence-electron chi connectivity index (χ1n) is 9.61. The summed E-state index contributed by atoms with van der Waals surface area (Å²) in [4.78, 5) is 19.5. The molecular formula is C22H22Cl2FN3O3. The minimum Gasteiger partial charge on any atom is -0.489 e. The van der Waals surface area contributed by atoms with Gasteiger partial charge >= 0.3 is 5.97 Å². The lowest BCUT2D eigenvalue weighted by Gasteiger charge is -2.12. The van der Waals surface area contributed by atoms with Crippen molar-refractivity contribution < 1.29 is 18.7 Å². The zero-order chi connectivity index (χ0) is 22.7. The van der Waals surface area contributed by atoms with Crippen LogP contribution in [0, 0.1) is 19.7 Å². The van der Waals surface area contributed by atoms with Gasteiger partial charge in [0.15, 0.2) is 11.6 Å². The number of halogens is 3. The Kier molecular flexibility index (Phi) is 7.08. The Bertz CT molecular complexity index is 1130. The highest BCUT2D eigenvalue weighted by Gasteiger charge is 2.20. The summed E-state index contributed by atoms with van der Waals surface area (Å²) in [5, 5.41) is 0.334. The number of H-pyrrole nitrogens is 1. The highest BCUT2D eigenvalue weighted by molar-refractivity contribution is 6.36. The minimum atomic E-state index is -0.542. The largest absolute Gasteiger partial charge is 0.489 e. The Balaban J connectivity index is 1.84. The summed E-state index contributed by atoms with van der Waals surface area (Å²) in [6, 6.07) is 4.41. The predicted molar refractivity (Wildman–Crippen MR) is 119 cm³/mol. The lowest BCUT2D eigenvalue weighted by atomic mass is 10.0. The summed E-state index contributed by atoms with van der Waals surface area (Å²) in [7, 11) is 0. The number of aryl methyl sites for hydroxylation is 1. The highest BCUT2D eigenvalue weighted by atomic mass is 35.5. The van der Waals surface area contributed by atoms with E-state index in [4.69, 9.17) is 38.4 Å². The van der Waals surface area contributed by atoms with Crippen molar-refractivity contribution in [3.63, 3.8) is 0 Å². The number of hydrogen-bond donors (Lipinski definition) is 2. The van der Waals surface area contributed by atoms with E-state index in [9.17, 15) is 9.18 Å². The Hall–Kier alpha value is -2.77. The SMILES string of the molecule is CCOC(=O)c1[nH]c(C)c(-c2cnc(N)c(OCCc3c(Cl)ccc(F)c3Cl)c2)c1C. The average molecular weight is 466 g/mol. The van der Waals surface area contributed by atoms with Crippen LogP contribution in [0.15, 0.2) is 24.4 Å². The lowest BCUT2D eigenvalue weighted by Crippen LogP contribution is -2.07. The monoisotopic (exact) mass is 465 g/mol. The number of benzene rings is 1. The number of nitrogens with one attached hydrogen (secondary N) is 1. The first-order chi connectivity index (χ1) is 14.7. The molecule has 0 atom stereocenters. The van der Waals surface area contributed by atoms with Gasteiger partial charge in [0.1, 0.15) is 11.5 Å². The molecule has 6 nitrogen and oxygen atoms in total. The van der Waals surface area contributed by atoms with Crippen LogP contribution < -0.4 is 10.5 Å². The number of anilines is 1. The number of carbonyl (C=O) groups excluding carboxylic acids is 1. The summed E-state index contributed by atoms with van der Waals surface area (Å²) >= 11 is 12.1. The van der Waals surface area contributed by atoms with E-state index in [0.29, 0.717) is 22.0 Å². The van der Waals surface area contributed by atoms with Crippen LogP contribution in [0.2, 0.25) is 10.0 Å². The van der Waals surface area contributed by atoms with Gasteiger partial charge in [0, 0.05) is 34.5 Å². The van der Waals surface area contributed by atoms with Gasteiger partial charge in [-0.3, -0.25) is 0 Å². The minimum absolute atomic E-state index is 0.0268. The molecule has 0 aliphatic carbocycles. The van der Waals surface area contributed by atoms with Crippen LogP contribution in [0.1, 0.15) is 34.2 Å². The standard InChI is InChI=1S/C22H22Cl2FN3O3/c1-4-30-22(29)20-11(2)18(12(3)28-20)13-9-17(21(26)27-10-13)31-8-7-14-15(23)5-6-16(25)19(14)24/h5-6,9-10,28H,4,7-8H2,1-3H3,(H2,26,27). The Morgan fingerprint density at radius 3 is 2.74 bits per heavy atom. The maximum absolute atomic E-state index is 13.7. The third-order valence-electron chi connectivity index (χ3n) is 4.84. The molecular weight excluding hydrogens is 444 g/mol. The Labute approximate surface area is 189 Å². The fourth-order valence-electron chi connectivity index (χ4n) is 3.36. The average Bonchev–Trinajstić information content (AvgIpc) is 3.03. The second-order valence-electron chi connectivity index (χ2n) is 6.87. The van der Waals surface area contributed by atoms with Crippen molar-refractivity contribution in [1.82, 2.24) is 9.97 Å². The van der Waals surface area contributed by atoms with Gasteiger partial charge in [-0.05, 0) is 50.1 Å². The van der Waals surface area contributed by atoms with Crippen molar-refractivity contribution in [3.05, 3.63) is 62.8 Å². The second-order valence-corrected chi connectivity index (χ2v) is 7.66.